The van der Waals surface area contributed by atoms with Crippen LogP contribution >= 0.6 is 23.2 Å². The number of aromatic nitrogens is 1. The topological polar surface area (TPSA) is 97.4 Å². The Morgan fingerprint density at radius 3 is 2.50 bits per heavy atom. The van der Waals surface area contributed by atoms with Crippen LogP contribution in [0, 0.1) is 6.92 Å². The Kier molecular flexibility index (Phi) is 6.81. The first-order chi connectivity index (χ1) is 14.2. The molecule has 2 amide bonds. The number of urea groups is 1. The third kappa shape index (κ3) is 5.63. The normalized spacial score (nSPS) is 11.0. The molecule has 0 spiro atoms. The molecule has 2 aromatic carbocycles. The van der Waals surface area contributed by atoms with E-state index in [1.165, 1.54) is 18.3 Å². The van der Waals surface area contributed by atoms with Crippen molar-refractivity contribution < 1.29 is 17.9 Å². The fraction of sp³-hybridized carbons (Fsp3) is 0.100. The summed E-state index contributed by atoms with van der Waals surface area (Å²) in [5.41, 5.74) is 1.65. The molecular weight excluding hydrogens is 449 g/mol. The van der Waals surface area contributed by atoms with E-state index in [4.69, 9.17) is 27.9 Å². The first-order valence-electron chi connectivity index (χ1n) is 8.67. The summed E-state index contributed by atoms with van der Waals surface area (Å²) in [5, 5.41) is 3.21. The number of pyridine rings is 1. The average molecular weight is 466 g/mol. The fourth-order valence-electron chi connectivity index (χ4n) is 2.42. The number of carbonyl (C=O) groups excluding carboxylic acids is 1. The quantitative estimate of drug-likeness (QED) is 0.545. The van der Waals surface area contributed by atoms with Gasteiger partial charge in [-0.05, 0) is 48.9 Å². The van der Waals surface area contributed by atoms with E-state index in [1.54, 1.807) is 42.5 Å². The Morgan fingerprint density at radius 1 is 1.07 bits per heavy atom. The minimum atomic E-state index is -4.03. The molecule has 3 rings (SSSR count). The molecule has 1 heterocycles. The van der Waals surface area contributed by atoms with Gasteiger partial charge in [-0.2, -0.15) is 0 Å². The highest BCUT2D eigenvalue weighted by Gasteiger charge is 2.19. The summed E-state index contributed by atoms with van der Waals surface area (Å²) < 4.78 is 32.3. The maximum atomic E-state index is 12.4. The van der Waals surface area contributed by atoms with Crippen molar-refractivity contribution in [3.05, 3.63) is 82.0 Å². The zero-order valence-electron chi connectivity index (χ0n) is 15.7. The summed E-state index contributed by atoms with van der Waals surface area (Å²) in [6.07, 6.45) is 1.44. The molecule has 0 saturated carbocycles. The smallest absolute Gasteiger partial charge is 0.334 e. The number of amides is 2. The third-order valence-electron chi connectivity index (χ3n) is 3.94. The van der Waals surface area contributed by atoms with Crippen LogP contribution in [0.25, 0.3) is 0 Å². The summed E-state index contributed by atoms with van der Waals surface area (Å²) in [6.45, 7) is 1.97. The number of halogens is 2. The lowest BCUT2D eigenvalue weighted by Crippen LogP contribution is -2.34. The summed E-state index contributed by atoms with van der Waals surface area (Å²) in [5.74, 6) is 0.320. The van der Waals surface area contributed by atoms with Gasteiger partial charge in [0.15, 0.2) is 11.6 Å². The third-order valence-corrected chi connectivity index (χ3v) is 6.03. The molecule has 156 valence electrons. The van der Waals surface area contributed by atoms with E-state index in [2.05, 4.69) is 10.3 Å². The average Bonchev–Trinajstić information content (AvgIpc) is 2.69. The van der Waals surface area contributed by atoms with Crippen molar-refractivity contribution in [1.82, 2.24) is 9.71 Å². The second-order valence-corrected chi connectivity index (χ2v) is 8.76. The number of carbonyl (C=O) groups is 1. The molecule has 30 heavy (non-hydrogen) atoms. The summed E-state index contributed by atoms with van der Waals surface area (Å²) in [6, 6.07) is 13.4. The SMILES string of the molecule is Cc1ccc(S(=O)(=O)NC(=O)Nc2ncccc2OCc2ccc(Cl)c(Cl)c2)cc1. The number of nitrogens with one attached hydrogen (secondary N) is 2. The first kappa shape index (κ1) is 21.9. The van der Waals surface area contributed by atoms with Crippen molar-refractivity contribution in [2.75, 3.05) is 5.32 Å². The molecule has 0 radical (unpaired) electrons. The lowest BCUT2D eigenvalue weighted by Gasteiger charge is -2.13. The molecule has 0 atom stereocenters. The molecule has 0 aliphatic heterocycles. The van der Waals surface area contributed by atoms with Gasteiger partial charge in [0.25, 0.3) is 10.0 Å². The Balaban J connectivity index is 1.68. The molecule has 1 aromatic heterocycles. The zero-order valence-corrected chi connectivity index (χ0v) is 18.1. The highest BCUT2D eigenvalue weighted by Crippen LogP contribution is 2.25. The van der Waals surface area contributed by atoms with E-state index >= 15 is 0 Å². The molecule has 0 bridgehead atoms. The van der Waals surface area contributed by atoms with Gasteiger partial charge in [0.1, 0.15) is 6.61 Å². The molecule has 0 aliphatic carbocycles. The number of hydrogen-bond donors (Lipinski definition) is 2. The zero-order chi connectivity index (χ0) is 21.7. The van der Waals surface area contributed by atoms with Gasteiger partial charge < -0.3 is 4.74 Å². The second kappa shape index (κ2) is 9.34. The Morgan fingerprint density at radius 2 is 1.80 bits per heavy atom. The van der Waals surface area contributed by atoms with Crippen LogP contribution in [0.2, 0.25) is 10.0 Å². The van der Waals surface area contributed by atoms with E-state index in [0.29, 0.717) is 10.0 Å². The van der Waals surface area contributed by atoms with Crippen LogP contribution in [0.5, 0.6) is 5.75 Å². The number of ether oxygens (including phenoxy) is 1. The van der Waals surface area contributed by atoms with Crippen LogP contribution in [0.15, 0.2) is 65.7 Å². The molecule has 7 nitrogen and oxygen atoms in total. The molecule has 3 aromatic rings. The molecule has 10 heteroatoms. The molecule has 0 fully saturated rings. The van der Waals surface area contributed by atoms with Gasteiger partial charge in [-0.3, -0.25) is 5.32 Å². The number of hydrogen-bond acceptors (Lipinski definition) is 5. The number of benzene rings is 2. The van der Waals surface area contributed by atoms with Crippen molar-refractivity contribution in [3.63, 3.8) is 0 Å². The van der Waals surface area contributed by atoms with Crippen molar-refractivity contribution >= 4 is 45.1 Å². The number of anilines is 1. The van der Waals surface area contributed by atoms with E-state index in [1.807, 2.05) is 11.6 Å². The van der Waals surface area contributed by atoms with Crippen LogP contribution in [0.1, 0.15) is 11.1 Å². The van der Waals surface area contributed by atoms with Gasteiger partial charge >= 0.3 is 6.03 Å². The Bertz CT molecular complexity index is 1170. The molecule has 0 saturated heterocycles. The predicted octanol–water partition coefficient (Wildman–Crippen LogP) is 4.79. The summed E-state index contributed by atoms with van der Waals surface area (Å²) >= 11 is 11.9. The van der Waals surface area contributed by atoms with Crippen LogP contribution in [-0.2, 0) is 16.6 Å². The number of nitrogens with zero attached hydrogens (tertiary/aromatic N) is 1. The molecular formula is C20H17Cl2N3O4S. The minimum absolute atomic E-state index is 0.0274. The van der Waals surface area contributed by atoms with Gasteiger partial charge in [-0.15, -0.1) is 0 Å². The lowest BCUT2D eigenvalue weighted by atomic mass is 10.2. The number of rotatable bonds is 6. The van der Waals surface area contributed by atoms with Gasteiger partial charge in [-0.25, -0.2) is 22.9 Å². The molecule has 0 unspecified atom stereocenters. The van der Waals surface area contributed by atoms with Crippen LogP contribution in [-0.4, -0.2) is 19.4 Å². The van der Waals surface area contributed by atoms with Crippen molar-refractivity contribution in [2.45, 2.75) is 18.4 Å². The molecule has 0 aliphatic rings. The van der Waals surface area contributed by atoms with Crippen LogP contribution in [0.3, 0.4) is 0 Å². The first-order valence-corrected chi connectivity index (χ1v) is 10.9. The van der Waals surface area contributed by atoms with Gasteiger partial charge in [-0.1, -0.05) is 47.0 Å². The van der Waals surface area contributed by atoms with Crippen molar-refractivity contribution in [2.24, 2.45) is 0 Å². The Hall–Kier alpha value is -2.81. The Labute approximate surface area is 184 Å². The van der Waals surface area contributed by atoms with Crippen molar-refractivity contribution in [3.8, 4) is 5.75 Å². The number of aryl methyl sites for hydroxylation is 1. The summed E-state index contributed by atoms with van der Waals surface area (Å²) in [4.78, 5) is 16.3. The van der Waals surface area contributed by atoms with Crippen LogP contribution < -0.4 is 14.8 Å². The minimum Gasteiger partial charge on any atom is -0.485 e. The van der Waals surface area contributed by atoms with E-state index in [0.717, 1.165) is 11.1 Å². The van der Waals surface area contributed by atoms with Gasteiger partial charge in [0, 0.05) is 6.20 Å². The molecule has 2 N–H and O–H groups in total. The predicted molar refractivity (Wildman–Crippen MR) is 116 cm³/mol. The highest BCUT2D eigenvalue weighted by atomic mass is 35.5. The van der Waals surface area contributed by atoms with Crippen LogP contribution in [0.4, 0.5) is 10.6 Å². The van der Waals surface area contributed by atoms with Gasteiger partial charge in [0.2, 0.25) is 0 Å². The lowest BCUT2D eigenvalue weighted by molar-refractivity contribution is 0.256. The number of sulfonamides is 1. The standard InChI is InChI=1S/C20H17Cl2N3O4S/c1-13-4-7-15(8-5-13)30(27,28)25-20(26)24-19-18(3-2-10-23-19)29-12-14-6-9-16(21)17(22)11-14/h2-11H,12H2,1H3,(H2,23,24,25,26). The maximum absolute atomic E-state index is 12.4. The van der Waals surface area contributed by atoms with Gasteiger partial charge in [0.05, 0.1) is 14.9 Å². The maximum Gasteiger partial charge on any atom is 0.334 e. The van der Waals surface area contributed by atoms with Crippen molar-refractivity contribution in [1.29, 1.82) is 0 Å². The van der Waals surface area contributed by atoms with E-state index in [9.17, 15) is 13.2 Å². The largest absolute Gasteiger partial charge is 0.485 e. The fourth-order valence-corrected chi connectivity index (χ4v) is 3.65. The second-order valence-electron chi connectivity index (χ2n) is 6.26. The van der Waals surface area contributed by atoms with E-state index in [-0.39, 0.29) is 23.1 Å². The summed E-state index contributed by atoms with van der Waals surface area (Å²) in [7, 11) is -4.03. The highest BCUT2D eigenvalue weighted by molar-refractivity contribution is 7.90. The monoisotopic (exact) mass is 465 g/mol. The van der Waals surface area contributed by atoms with E-state index < -0.39 is 16.1 Å².